The number of amides is 2. The molecule has 4 rings (SSSR count). The fourth-order valence-corrected chi connectivity index (χ4v) is 3.45. The van der Waals surface area contributed by atoms with Crippen molar-refractivity contribution in [2.24, 2.45) is 0 Å². The summed E-state index contributed by atoms with van der Waals surface area (Å²) in [6.07, 6.45) is 0. The maximum absolute atomic E-state index is 13.3. The number of anilines is 3. The summed E-state index contributed by atoms with van der Waals surface area (Å²) in [5.41, 5.74) is 3.47. The number of benzene rings is 3. The van der Waals surface area contributed by atoms with Crippen LogP contribution in [-0.4, -0.2) is 25.9 Å². The second-order valence-corrected chi connectivity index (χ2v) is 7.54. The highest BCUT2D eigenvalue weighted by atomic mass is 35.5. The van der Waals surface area contributed by atoms with Gasteiger partial charge in [-0.25, -0.2) is 4.90 Å². The zero-order chi connectivity index (χ0) is 21.3. The molecule has 3 aromatic carbocycles. The molecule has 0 saturated heterocycles. The van der Waals surface area contributed by atoms with Crippen LogP contribution in [0, 0.1) is 0 Å². The smallest absolute Gasteiger partial charge is 0.282 e. The summed E-state index contributed by atoms with van der Waals surface area (Å²) >= 11 is 6.02. The number of rotatable bonds is 5. The number of halogens is 1. The van der Waals surface area contributed by atoms with Gasteiger partial charge in [-0.05, 0) is 54.1 Å². The van der Waals surface area contributed by atoms with E-state index in [-0.39, 0.29) is 11.6 Å². The van der Waals surface area contributed by atoms with Gasteiger partial charge in [0, 0.05) is 30.5 Å². The number of carbonyl (C=O) groups is 2. The van der Waals surface area contributed by atoms with Crippen molar-refractivity contribution in [3.05, 3.63) is 95.1 Å². The van der Waals surface area contributed by atoms with Crippen molar-refractivity contribution in [1.82, 2.24) is 0 Å². The van der Waals surface area contributed by atoms with Gasteiger partial charge < -0.3 is 10.2 Å². The Bertz CT molecular complexity index is 1120. The number of nitrogens with zero attached hydrogens (tertiary/aromatic N) is 2. The molecule has 3 aromatic rings. The van der Waals surface area contributed by atoms with E-state index in [1.807, 2.05) is 49.3 Å². The van der Waals surface area contributed by atoms with Crippen molar-refractivity contribution in [2.75, 3.05) is 29.2 Å². The van der Waals surface area contributed by atoms with Crippen LogP contribution in [-0.2, 0) is 9.59 Å². The largest absolute Gasteiger partial charge is 0.378 e. The van der Waals surface area contributed by atoms with Gasteiger partial charge >= 0.3 is 0 Å². The van der Waals surface area contributed by atoms with E-state index in [9.17, 15) is 9.59 Å². The molecule has 6 heteroatoms. The number of nitrogens with one attached hydrogen (secondary N) is 1. The van der Waals surface area contributed by atoms with E-state index in [1.54, 1.807) is 48.5 Å². The maximum Gasteiger partial charge on any atom is 0.282 e. The molecule has 1 heterocycles. The molecule has 0 saturated carbocycles. The van der Waals surface area contributed by atoms with Crippen LogP contribution >= 0.6 is 11.6 Å². The van der Waals surface area contributed by atoms with Gasteiger partial charge in [0.15, 0.2) is 0 Å². The Morgan fingerprint density at radius 1 is 0.800 bits per heavy atom. The first-order chi connectivity index (χ1) is 14.5. The summed E-state index contributed by atoms with van der Waals surface area (Å²) in [6.45, 7) is 0. The summed E-state index contributed by atoms with van der Waals surface area (Å²) in [5.74, 6) is -0.770. The number of para-hydroxylation sites is 1. The molecule has 0 bridgehead atoms. The molecule has 0 radical (unpaired) electrons. The number of imide groups is 1. The summed E-state index contributed by atoms with van der Waals surface area (Å²) in [5, 5.41) is 3.73. The summed E-state index contributed by atoms with van der Waals surface area (Å²) in [6, 6.07) is 23.5. The lowest BCUT2D eigenvalue weighted by Gasteiger charge is -2.15. The van der Waals surface area contributed by atoms with Crippen molar-refractivity contribution in [3.8, 4) is 0 Å². The van der Waals surface area contributed by atoms with Gasteiger partial charge in [0.05, 0.1) is 11.3 Å². The number of hydrogen-bond acceptors (Lipinski definition) is 4. The van der Waals surface area contributed by atoms with E-state index < -0.39 is 5.91 Å². The van der Waals surface area contributed by atoms with E-state index in [2.05, 4.69) is 5.32 Å². The van der Waals surface area contributed by atoms with Gasteiger partial charge in [0.2, 0.25) is 0 Å². The van der Waals surface area contributed by atoms with Crippen LogP contribution in [0.4, 0.5) is 17.1 Å². The van der Waals surface area contributed by atoms with E-state index in [0.717, 1.165) is 11.4 Å². The van der Waals surface area contributed by atoms with Gasteiger partial charge in [0.25, 0.3) is 11.8 Å². The number of hydrogen-bond donors (Lipinski definition) is 1. The van der Waals surface area contributed by atoms with Crippen LogP contribution in [0.5, 0.6) is 0 Å². The van der Waals surface area contributed by atoms with Gasteiger partial charge in [0.1, 0.15) is 5.70 Å². The van der Waals surface area contributed by atoms with Gasteiger partial charge in [-0.3, -0.25) is 9.59 Å². The molecule has 30 heavy (non-hydrogen) atoms. The van der Waals surface area contributed by atoms with Crippen molar-refractivity contribution in [2.45, 2.75) is 0 Å². The second-order valence-electron chi connectivity index (χ2n) is 7.10. The first-order valence-corrected chi connectivity index (χ1v) is 9.82. The van der Waals surface area contributed by atoms with E-state index in [0.29, 0.717) is 21.8 Å². The predicted octanol–water partition coefficient (Wildman–Crippen LogP) is 4.80. The van der Waals surface area contributed by atoms with Crippen LogP contribution < -0.4 is 15.1 Å². The molecule has 0 fully saturated rings. The molecular weight excluding hydrogens is 398 g/mol. The lowest BCUT2D eigenvalue weighted by molar-refractivity contribution is -0.120. The molecule has 0 unspecified atom stereocenters. The molecule has 2 amide bonds. The first kappa shape index (κ1) is 19.7. The highest BCUT2D eigenvalue weighted by Crippen LogP contribution is 2.34. The predicted molar refractivity (Wildman–Crippen MR) is 122 cm³/mol. The standard InChI is InChI=1S/C24H20ClN3O2/c1-27(2)19-14-12-18(13-15-19)26-22-21(16-8-10-17(25)11-9-16)23(29)28(24(22)30)20-6-4-3-5-7-20/h3-15,26H,1-2H3. The van der Waals surface area contributed by atoms with Crippen LogP contribution in [0.15, 0.2) is 84.6 Å². The van der Waals surface area contributed by atoms with Crippen LogP contribution in [0.1, 0.15) is 5.56 Å². The molecule has 0 aliphatic carbocycles. The molecule has 0 spiro atoms. The second kappa shape index (κ2) is 8.05. The SMILES string of the molecule is CN(C)c1ccc(NC2=C(c3ccc(Cl)cc3)C(=O)N(c3ccccc3)C2=O)cc1. The molecule has 1 aliphatic heterocycles. The Labute approximate surface area is 180 Å². The number of carbonyl (C=O) groups excluding carboxylic acids is 2. The fraction of sp³-hybridized carbons (Fsp3) is 0.0833. The fourth-order valence-electron chi connectivity index (χ4n) is 3.33. The van der Waals surface area contributed by atoms with E-state index in [4.69, 9.17) is 11.6 Å². The Balaban J connectivity index is 1.77. The van der Waals surface area contributed by atoms with E-state index >= 15 is 0 Å². The summed E-state index contributed by atoms with van der Waals surface area (Å²) < 4.78 is 0. The Hall–Kier alpha value is -3.57. The van der Waals surface area contributed by atoms with Crippen LogP contribution in [0.25, 0.3) is 5.57 Å². The first-order valence-electron chi connectivity index (χ1n) is 9.44. The topological polar surface area (TPSA) is 52.7 Å². The Kier molecular flexibility index (Phi) is 5.29. The summed E-state index contributed by atoms with van der Waals surface area (Å²) in [7, 11) is 3.92. The molecule has 5 nitrogen and oxygen atoms in total. The minimum Gasteiger partial charge on any atom is -0.378 e. The molecule has 0 aromatic heterocycles. The molecule has 0 atom stereocenters. The highest BCUT2D eigenvalue weighted by molar-refractivity contribution is 6.46. The lowest BCUT2D eigenvalue weighted by atomic mass is 10.0. The molecular formula is C24H20ClN3O2. The van der Waals surface area contributed by atoms with Gasteiger partial charge in [-0.2, -0.15) is 0 Å². The minimum atomic E-state index is -0.396. The van der Waals surface area contributed by atoms with E-state index in [1.165, 1.54) is 4.90 Å². The third-order valence-electron chi connectivity index (χ3n) is 4.88. The summed E-state index contributed by atoms with van der Waals surface area (Å²) in [4.78, 5) is 29.8. The van der Waals surface area contributed by atoms with Crippen LogP contribution in [0.2, 0.25) is 5.02 Å². The Morgan fingerprint density at radius 2 is 1.43 bits per heavy atom. The monoisotopic (exact) mass is 417 g/mol. The third kappa shape index (κ3) is 3.67. The van der Waals surface area contributed by atoms with Crippen molar-refractivity contribution < 1.29 is 9.59 Å². The third-order valence-corrected chi connectivity index (χ3v) is 5.14. The zero-order valence-corrected chi connectivity index (χ0v) is 17.4. The van der Waals surface area contributed by atoms with Crippen molar-refractivity contribution >= 4 is 46.1 Å². The van der Waals surface area contributed by atoms with Crippen molar-refractivity contribution in [1.29, 1.82) is 0 Å². The molecule has 1 N–H and O–H groups in total. The molecule has 150 valence electrons. The van der Waals surface area contributed by atoms with Gasteiger partial charge in [-0.15, -0.1) is 0 Å². The van der Waals surface area contributed by atoms with Crippen molar-refractivity contribution in [3.63, 3.8) is 0 Å². The maximum atomic E-state index is 13.3. The average Bonchev–Trinajstić information content (AvgIpc) is 2.99. The Morgan fingerprint density at radius 3 is 2.03 bits per heavy atom. The highest BCUT2D eigenvalue weighted by Gasteiger charge is 2.40. The average molecular weight is 418 g/mol. The quantitative estimate of drug-likeness (QED) is 0.606. The minimum absolute atomic E-state index is 0.240. The van der Waals surface area contributed by atoms with Gasteiger partial charge in [-0.1, -0.05) is 41.9 Å². The zero-order valence-electron chi connectivity index (χ0n) is 16.6. The van der Waals surface area contributed by atoms with Crippen LogP contribution in [0.3, 0.4) is 0 Å². The normalized spacial score (nSPS) is 13.8. The lowest BCUT2D eigenvalue weighted by Crippen LogP contribution is -2.32. The molecule has 1 aliphatic rings.